The Kier molecular flexibility index (Phi) is 5.39. The van der Waals surface area contributed by atoms with Gasteiger partial charge in [0.25, 0.3) is 0 Å². The number of ether oxygens (including phenoxy) is 1. The fourth-order valence-corrected chi connectivity index (χ4v) is 1.73. The highest BCUT2D eigenvalue weighted by Gasteiger charge is 2.16. The maximum Gasteiger partial charge on any atom is 0.0750 e. The van der Waals surface area contributed by atoms with Gasteiger partial charge < -0.3 is 10.1 Å². The van der Waals surface area contributed by atoms with Gasteiger partial charge in [0, 0.05) is 19.7 Å². The summed E-state index contributed by atoms with van der Waals surface area (Å²) in [5, 5.41) is 3.38. The van der Waals surface area contributed by atoms with E-state index in [0.717, 1.165) is 25.3 Å². The van der Waals surface area contributed by atoms with Gasteiger partial charge in [-0.1, -0.05) is 36.9 Å². The smallest absolute Gasteiger partial charge is 0.0750 e. The predicted molar refractivity (Wildman–Crippen MR) is 74.1 cm³/mol. The summed E-state index contributed by atoms with van der Waals surface area (Å²) in [5.74, 6) is 0. The van der Waals surface area contributed by atoms with Crippen molar-refractivity contribution < 1.29 is 4.74 Å². The zero-order valence-corrected chi connectivity index (χ0v) is 11.1. The number of rotatable bonds is 7. The first-order valence-electron chi connectivity index (χ1n) is 6.13. The van der Waals surface area contributed by atoms with Crippen LogP contribution in [0.2, 0.25) is 0 Å². The molecular formula is C15H23NO. The molecule has 0 unspecified atom stereocenters. The molecule has 17 heavy (non-hydrogen) atoms. The normalized spacial score (nSPS) is 11.5. The molecule has 0 amide bonds. The third-order valence-electron chi connectivity index (χ3n) is 2.61. The van der Waals surface area contributed by atoms with Crippen LogP contribution >= 0.6 is 0 Å². The number of hydrogen-bond acceptors (Lipinski definition) is 2. The topological polar surface area (TPSA) is 21.3 Å². The fourth-order valence-electron chi connectivity index (χ4n) is 1.73. The van der Waals surface area contributed by atoms with E-state index in [1.165, 1.54) is 5.56 Å². The lowest BCUT2D eigenvalue weighted by molar-refractivity contribution is -0.00802. The minimum atomic E-state index is -0.119. The van der Waals surface area contributed by atoms with Crippen LogP contribution in [-0.4, -0.2) is 25.3 Å². The molecule has 0 aliphatic rings. The van der Waals surface area contributed by atoms with E-state index in [0.29, 0.717) is 0 Å². The molecule has 0 spiro atoms. The lowest BCUT2D eigenvalue weighted by Gasteiger charge is -2.25. The molecule has 0 radical (unpaired) electrons. The molecule has 0 atom stereocenters. The molecule has 0 aliphatic heterocycles. The van der Waals surface area contributed by atoms with Gasteiger partial charge in [0.2, 0.25) is 0 Å². The van der Waals surface area contributed by atoms with Crippen molar-refractivity contribution in [3.63, 3.8) is 0 Å². The number of benzene rings is 1. The van der Waals surface area contributed by atoms with Crippen molar-refractivity contribution in [2.45, 2.75) is 26.4 Å². The minimum absolute atomic E-state index is 0.119. The highest BCUT2D eigenvalue weighted by molar-refractivity contribution is 5.64. The van der Waals surface area contributed by atoms with Gasteiger partial charge in [0.05, 0.1) is 5.60 Å². The van der Waals surface area contributed by atoms with E-state index in [2.05, 4.69) is 37.9 Å². The summed E-state index contributed by atoms with van der Waals surface area (Å²) >= 11 is 0. The van der Waals surface area contributed by atoms with E-state index in [9.17, 15) is 0 Å². The van der Waals surface area contributed by atoms with Crippen LogP contribution in [-0.2, 0) is 4.74 Å². The summed E-state index contributed by atoms with van der Waals surface area (Å²) in [7, 11) is 0. The Bertz CT molecular complexity index is 343. The van der Waals surface area contributed by atoms with Gasteiger partial charge in [0.15, 0.2) is 0 Å². The second-order valence-corrected chi connectivity index (χ2v) is 4.77. The Morgan fingerprint density at radius 1 is 1.29 bits per heavy atom. The maximum absolute atomic E-state index is 5.62. The standard InChI is InChI=1S/C15H23NO/c1-5-17-15(3,4)12-16-11-13(2)14-9-7-6-8-10-14/h6-10,16H,2,5,11-12H2,1,3-4H3. The molecular weight excluding hydrogens is 210 g/mol. The molecule has 1 N–H and O–H groups in total. The molecule has 2 heteroatoms. The van der Waals surface area contributed by atoms with Crippen LogP contribution in [0.25, 0.3) is 5.57 Å². The molecule has 0 saturated heterocycles. The SMILES string of the molecule is C=C(CNCC(C)(C)OCC)c1ccccc1. The second-order valence-electron chi connectivity index (χ2n) is 4.77. The van der Waals surface area contributed by atoms with Gasteiger partial charge >= 0.3 is 0 Å². The largest absolute Gasteiger partial charge is 0.375 e. The molecule has 0 bridgehead atoms. The second kappa shape index (κ2) is 6.58. The van der Waals surface area contributed by atoms with Gasteiger partial charge in [0.1, 0.15) is 0 Å². The Morgan fingerprint density at radius 2 is 1.94 bits per heavy atom. The quantitative estimate of drug-likeness (QED) is 0.781. The van der Waals surface area contributed by atoms with Crippen LogP contribution in [0.15, 0.2) is 36.9 Å². The van der Waals surface area contributed by atoms with Crippen molar-refractivity contribution in [2.24, 2.45) is 0 Å². The zero-order valence-electron chi connectivity index (χ0n) is 11.1. The molecule has 1 aromatic carbocycles. The molecule has 1 rings (SSSR count). The third kappa shape index (κ3) is 5.16. The van der Waals surface area contributed by atoms with Crippen LogP contribution < -0.4 is 5.32 Å². The lowest BCUT2D eigenvalue weighted by atomic mass is 10.1. The van der Waals surface area contributed by atoms with Crippen LogP contribution in [0.4, 0.5) is 0 Å². The van der Waals surface area contributed by atoms with Gasteiger partial charge in [-0.15, -0.1) is 0 Å². The molecule has 0 saturated carbocycles. The van der Waals surface area contributed by atoms with E-state index in [1.54, 1.807) is 0 Å². The average molecular weight is 233 g/mol. The molecule has 0 fully saturated rings. The fraction of sp³-hybridized carbons (Fsp3) is 0.467. The zero-order chi connectivity index (χ0) is 12.7. The first-order chi connectivity index (χ1) is 8.05. The molecule has 2 nitrogen and oxygen atoms in total. The van der Waals surface area contributed by atoms with E-state index < -0.39 is 0 Å². The summed E-state index contributed by atoms with van der Waals surface area (Å²) in [5.41, 5.74) is 2.18. The van der Waals surface area contributed by atoms with Gasteiger partial charge in [-0.3, -0.25) is 0 Å². The van der Waals surface area contributed by atoms with E-state index in [1.807, 2.05) is 25.1 Å². The average Bonchev–Trinajstić information content (AvgIpc) is 2.29. The Labute approximate surface area is 105 Å². The molecule has 0 aromatic heterocycles. The van der Waals surface area contributed by atoms with Crippen molar-refractivity contribution in [3.05, 3.63) is 42.5 Å². The summed E-state index contributed by atoms with van der Waals surface area (Å²) in [4.78, 5) is 0. The van der Waals surface area contributed by atoms with E-state index in [-0.39, 0.29) is 5.60 Å². The van der Waals surface area contributed by atoms with Crippen LogP contribution in [0.1, 0.15) is 26.3 Å². The third-order valence-corrected chi connectivity index (χ3v) is 2.61. The lowest BCUT2D eigenvalue weighted by Crippen LogP contribution is -2.38. The van der Waals surface area contributed by atoms with Gasteiger partial charge in [-0.25, -0.2) is 0 Å². The van der Waals surface area contributed by atoms with Crippen molar-refractivity contribution >= 4 is 5.57 Å². The van der Waals surface area contributed by atoms with Crippen molar-refractivity contribution in [3.8, 4) is 0 Å². The highest BCUT2D eigenvalue weighted by Crippen LogP contribution is 2.11. The monoisotopic (exact) mass is 233 g/mol. The highest BCUT2D eigenvalue weighted by atomic mass is 16.5. The van der Waals surface area contributed by atoms with Crippen molar-refractivity contribution in [2.75, 3.05) is 19.7 Å². The van der Waals surface area contributed by atoms with Crippen molar-refractivity contribution in [1.82, 2.24) is 5.32 Å². The van der Waals surface area contributed by atoms with E-state index in [4.69, 9.17) is 4.74 Å². The minimum Gasteiger partial charge on any atom is -0.375 e. The molecule has 1 aromatic rings. The van der Waals surface area contributed by atoms with Crippen molar-refractivity contribution in [1.29, 1.82) is 0 Å². The summed E-state index contributed by atoms with van der Waals surface area (Å²) < 4.78 is 5.62. The van der Waals surface area contributed by atoms with Gasteiger partial charge in [-0.05, 0) is 31.9 Å². The summed E-state index contributed by atoms with van der Waals surface area (Å²) in [6, 6.07) is 10.2. The van der Waals surface area contributed by atoms with Crippen LogP contribution in [0.5, 0.6) is 0 Å². The van der Waals surface area contributed by atoms with E-state index >= 15 is 0 Å². The number of nitrogens with one attached hydrogen (secondary N) is 1. The predicted octanol–water partition coefficient (Wildman–Crippen LogP) is 3.10. The van der Waals surface area contributed by atoms with Crippen LogP contribution in [0.3, 0.4) is 0 Å². The van der Waals surface area contributed by atoms with Crippen LogP contribution in [0, 0.1) is 0 Å². The first-order valence-corrected chi connectivity index (χ1v) is 6.13. The Morgan fingerprint density at radius 3 is 2.53 bits per heavy atom. The summed E-state index contributed by atoms with van der Waals surface area (Å²) in [6.07, 6.45) is 0. The van der Waals surface area contributed by atoms with Gasteiger partial charge in [-0.2, -0.15) is 0 Å². The number of hydrogen-bond donors (Lipinski definition) is 1. The first kappa shape index (κ1) is 13.9. The molecule has 94 valence electrons. The molecule has 0 aliphatic carbocycles. The summed E-state index contributed by atoms with van der Waals surface area (Å²) in [6.45, 7) is 12.7. The maximum atomic E-state index is 5.62. The Hall–Kier alpha value is -1.12. The Balaban J connectivity index is 2.35. The molecule has 0 heterocycles.